The van der Waals surface area contributed by atoms with Gasteiger partial charge in [-0.05, 0) is 12.8 Å². The van der Waals surface area contributed by atoms with Crippen molar-refractivity contribution in [2.45, 2.75) is 58.2 Å². The Bertz CT molecular complexity index is 456. The lowest BCUT2D eigenvalue weighted by Crippen LogP contribution is -2.29. The molecule has 10 nitrogen and oxygen atoms in total. The maximum Gasteiger partial charge on any atom is 0.472 e. The first kappa shape index (κ1) is 25.0. The Kier molecular flexibility index (Phi) is 13.5. The van der Waals surface area contributed by atoms with Crippen molar-refractivity contribution >= 4 is 19.8 Å². The number of unbranched alkanes of at least 4 members (excludes halogenated alkanes) is 1. The largest absolute Gasteiger partial charge is 0.472 e. The molecule has 0 aliphatic carbocycles. The number of rotatable bonds is 15. The lowest BCUT2D eigenvalue weighted by Gasteiger charge is -2.20. The second kappa shape index (κ2) is 14.1. The van der Waals surface area contributed by atoms with Crippen molar-refractivity contribution in [3.8, 4) is 0 Å². The molecule has 0 saturated carbocycles. The molecule has 0 rings (SSSR count). The minimum atomic E-state index is -4.54. The summed E-state index contributed by atoms with van der Waals surface area (Å²) in [5, 5.41) is 17.7. The average Bonchev–Trinajstić information content (AvgIpc) is 2.60. The van der Waals surface area contributed by atoms with Gasteiger partial charge >= 0.3 is 19.8 Å². The van der Waals surface area contributed by atoms with Crippen LogP contribution >= 0.6 is 7.82 Å². The molecule has 26 heavy (non-hydrogen) atoms. The summed E-state index contributed by atoms with van der Waals surface area (Å²) in [4.78, 5) is 32.7. The van der Waals surface area contributed by atoms with Crippen molar-refractivity contribution in [3.63, 3.8) is 0 Å². The highest BCUT2D eigenvalue weighted by Gasteiger charge is 2.26. The first-order valence-electron chi connectivity index (χ1n) is 8.49. The number of aliphatic hydroxyl groups excluding tert-OH is 2. The summed E-state index contributed by atoms with van der Waals surface area (Å²) in [6.07, 6.45) is -0.0450. The van der Waals surface area contributed by atoms with Gasteiger partial charge in [0, 0.05) is 12.8 Å². The number of ether oxygens (including phenoxy) is 2. The van der Waals surface area contributed by atoms with E-state index in [1.807, 2.05) is 6.92 Å². The van der Waals surface area contributed by atoms with Crippen molar-refractivity contribution in [2.24, 2.45) is 0 Å². The Labute approximate surface area is 153 Å². The van der Waals surface area contributed by atoms with E-state index in [0.717, 1.165) is 6.42 Å². The summed E-state index contributed by atoms with van der Waals surface area (Å²) in [6, 6.07) is 0. The van der Waals surface area contributed by atoms with Crippen molar-refractivity contribution in [1.82, 2.24) is 0 Å². The molecular weight excluding hydrogens is 371 g/mol. The highest BCUT2D eigenvalue weighted by atomic mass is 31.2. The molecule has 0 radical (unpaired) electrons. The molecule has 0 spiro atoms. The van der Waals surface area contributed by atoms with Crippen LogP contribution in [-0.2, 0) is 32.7 Å². The quantitative estimate of drug-likeness (QED) is 0.267. The van der Waals surface area contributed by atoms with Crippen LogP contribution in [0, 0.1) is 0 Å². The van der Waals surface area contributed by atoms with Crippen LogP contribution in [0.4, 0.5) is 0 Å². The zero-order valence-electron chi connectivity index (χ0n) is 15.2. The number of hydrogen-bond acceptors (Lipinski definition) is 9. The van der Waals surface area contributed by atoms with Gasteiger partial charge in [0.2, 0.25) is 0 Å². The number of phosphoric acid groups is 1. The molecule has 0 aromatic carbocycles. The van der Waals surface area contributed by atoms with Crippen LogP contribution in [0.15, 0.2) is 0 Å². The fourth-order valence-electron chi connectivity index (χ4n) is 1.59. The number of carbonyl (C=O) groups excluding carboxylic acids is 2. The van der Waals surface area contributed by atoms with Crippen molar-refractivity contribution in [2.75, 3.05) is 26.4 Å². The maximum absolute atomic E-state index is 11.7. The minimum absolute atomic E-state index is 0.135. The summed E-state index contributed by atoms with van der Waals surface area (Å²) in [6.45, 7) is 1.57. The van der Waals surface area contributed by atoms with Crippen molar-refractivity contribution in [1.29, 1.82) is 0 Å². The zero-order chi connectivity index (χ0) is 20.0. The predicted molar refractivity (Wildman–Crippen MR) is 90.1 cm³/mol. The molecule has 0 heterocycles. The van der Waals surface area contributed by atoms with Crippen LogP contribution in [0.25, 0.3) is 0 Å². The van der Waals surface area contributed by atoms with Gasteiger partial charge in [-0.15, -0.1) is 0 Å². The third-order valence-corrected chi connectivity index (χ3v) is 3.93. The van der Waals surface area contributed by atoms with Crippen LogP contribution in [0.3, 0.4) is 0 Å². The van der Waals surface area contributed by atoms with Crippen LogP contribution in [0.5, 0.6) is 0 Å². The molecule has 0 bridgehead atoms. The number of phosphoric ester groups is 1. The third-order valence-electron chi connectivity index (χ3n) is 2.98. The molecule has 0 saturated heterocycles. The molecule has 154 valence electrons. The highest BCUT2D eigenvalue weighted by Crippen LogP contribution is 2.43. The highest BCUT2D eigenvalue weighted by molar-refractivity contribution is 7.47. The van der Waals surface area contributed by atoms with E-state index >= 15 is 0 Å². The average molecular weight is 400 g/mol. The topological polar surface area (TPSA) is 149 Å². The Morgan fingerprint density at radius 3 is 2.23 bits per heavy atom. The predicted octanol–water partition coefficient (Wildman–Crippen LogP) is 0.919. The molecule has 0 aromatic rings. The monoisotopic (exact) mass is 400 g/mol. The van der Waals surface area contributed by atoms with Gasteiger partial charge in [0.25, 0.3) is 0 Å². The smallest absolute Gasteiger partial charge is 0.462 e. The van der Waals surface area contributed by atoms with Gasteiger partial charge in [0.15, 0.2) is 6.10 Å². The van der Waals surface area contributed by atoms with E-state index in [1.54, 1.807) is 6.92 Å². The normalized spacial score (nSPS) is 15.7. The van der Waals surface area contributed by atoms with E-state index < -0.39 is 51.8 Å². The Morgan fingerprint density at radius 2 is 1.65 bits per heavy atom. The summed E-state index contributed by atoms with van der Waals surface area (Å²) in [7, 11) is -4.54. The molecule has 0 fully saturated rings. The second-order valence-electron chi connectivity index (χ2n) is 5.54. The third kappa shape index (κ3) is 13.2. The summed E-state index contributed by atoms with van der Waals surface area (Å²) in [5.41, 5.74) is 0. The molecule has 0 aliphatic heterocycles. The Morgan fingerprint density at radius 1 is 1.00 bits per heavy atom. The second-order valence-corrected chi connectivity index (χ2v) is 7.00. The van der Waals surface area contributed by atoms with E-state index in [1.165, 1.54) is 0 Å². The van der Waals surface area contributed by atoms with Gasteiger partial charge in [-0.2, -0.15) is 0 Å². The van der Waals surface area contributed by atoms with Gasteiger partial charge in [-0.1, -0.05) is 20.3 Å². The standard InChI is InChI=1S/C15H29O10P/c1-3-5-7-14(18)22-10-13(25-15(19)6-4-2)11-24-26(20,21)23-9-12(17)8-16/h12-13,16-17H,3-11H2,1-2H3,(H,20,21)/t12-,13+/m1/s1. The van der Waals surface area contributed by atoms with Gasteiger partial charge < -0.3 is 24.6 Å². The van der Waals surface area contributed by atoms with Gasteiger partial charge in [0.05, 0.1) is 19.8 Å². The number of hydrogen-bond donors (Lipinski definition) is 3. The lowest BCUT2D eigenvalue weighted by molar-refractivity contribution is -0.161. The fraction of sp³-hybridized carbons (Fsp3) is 0.867. The van der Waals surface area contributed by atoms with Crippen molar-refractivity contribution < 1.29 is 47.8 Å². The molecular formula is C15H29O10P. The first-order valence-corrected chi connectivity index (χ1v) is 9.99. The first-order chi connectivity index (χ1) is 12.2. The molecule has 1 unspecified atom stereocenters. The van der Waals surface area contributed by atoms with E-state index in [2.05, 4.69) is 4.52 Å². The molecule has 0 aliphatic rings. The van der Waals surface area contributed by atoms with E-state index in [9.17, 15) is 19.0 Å². The SMILES string of the molecule is CCCCC(=O)OC[C@@H](COP(=O)(O)OC[C@H](O)CO)OC(=O)CCC. The zero-order valence-corrected chi connectivity index (χ0v) is 16.1. The molecule has 0 amide bonds. The lowest BCUT2D eigenvalue weighted by atomic mass is 10.2. The van der Waals surface area contributed by atoms with Crippen LogP contribution in [0.1, 0.15) is 46.0 Å². The maximum atomic E-state index is 11.7. The van der Waals surface area contributed by atoms with E-state index in [-0.39, 0.29) is 19.4 Å². The molecule has 11 heteroatoms. The van der Waals surface area contributed by atoms with Crippen LogP contribution < -0.4 is 0 Å². The van der Waals surface area contributed by atoms with E-state index in [0.29, 0.717) is 12.8 Å². The fourth-order valence-corrected chi connectivity index (χ4v) is 2.38. The van der Waals surface area contributed by atoms with Gasteiger partial charge in [0.1, 0.15) is 12.7 Å². The number of aliphatic hydroxyl groups is 2. The van der Waals surface area contributed by atoms with Crippen LogP contribution in [0.2, 0.25) is 0 Å². The van der Waals surface area contributed by atoms with Crippen LogP contribution in [-0.4, -0.2) is 65.7 Å². The number of esters is 2. The molecule has 0 aromatic heterocycles. The summed E-state index contributed by atoms with van der Waals surface area (Å²) < 4.78 is 31.0. The van der Waals surface area contributed by atoms with Crippen molar-refractivity contribution in [3.05, 3.63) is 0 Å². The van der Waals surface area contributed by atoms with Gasteiger partial charge in [-0.3, -0.25) is 18.6 Å². The van der Waals surface area contributed by atoms with E-state index in [4.69, 9.17) is 24.2 Å². The van der Waals surface area contributed by atoms with Gasteiger partial charge in [-0.25, -0.2) is 4.57 Å². The summed E-state index contributed by atoms with van der Waals surface area (Å²) in [5.74, 6) is -1.03. The molecule has 3 N–H and O–H groups in total. The minimum Gasteiger partial charge on any atom is -0.462 e. The Balaban J connectivity index is 4.56. The molecule has 3 atom stereocenters. The summed E-state index contributed by atoms with van der Waals surface area (Å²) >= 11 is 0. The Hall–Kier alpha value is -1.03. The number of carbonyl (C=O) groups is 2.